The second kappa shape index (κ2) is 7.25. The molecule has 1 N–H and O–H groups in total. The number of non-ortho nitro benzene ring substituents is 1. The van der Waals surface area contributed by atoms with E-state index >= 15 is 0 Å². The van der Waals surface area contributed by atoms with Gasteiger partial charge in [0.25, 0.3) is 11.6 Å². The van der Waals surface area contributed by atoms with Crippen LogP contribution in [0.3, 0.4) is 0 Å². The van der Waals surface area contributed by atoms with Crippen LogP contribution in [0.2, 0.25) is 5.02 Å². The predicted molar refractivity (Wildman–Crippen MR) is 72.5 cm³/mol. The number of carbonyl (C=O) groups is 2. The number of carbonyl (C=O) groups excluding carboxylic acids is 2. The molecule has 0 radical (unpaired) electrons. The molecule has 0 unspecified atom stereocenters. The monoisotopic (exact) mass is 298 g/mol. The van der Waals surface area contributed by atoms with E-state index in [-0.39, 0.29) is 16.4 Å². The minimum Gasteiger partial charge on any atom is -0.452 e. The number of allylic oxidation sites excluding steroid dienone is 1. The van der Waals surface area contributed by atoms with Gasteiger partial charge in [0.05, 0.1) is 15.6 Å². The van der Waals surface area contributed by atoms with Crippen LogP contribution in [-0.4, -0.2) is 23.4 Å². The summed E-state index contributed by atoms with van der Waals surface area (Å²) < 4.78 is 4.63. The zero-order valence-corrected chi connectivity index (χ0v) is 11.2. The molecule has 1 amide bonds. The second-order valence-electron chi connectivity index (χ2n) is 3.58. The molecule has 0 aliphatic heterocycles. The minimum absolute atomic E-state index is 0.0207. The second-order valence-corrected chi connectivity index (χ2v) is 3.98. The number of nitro groups is 1. The highest BCUT2D eigenvalue weighted by molar-refractivity contribution is 6.34. The number of halogens is 1. The molecule has 8 heteroatoms. The van der Waals surface area contributed by atoms with Gasteiger partial charge in [-0.05, 0) is 13.0 Å². The average molecular weight is 299 g/mol. The van der Waals surface area contributed by atoms with E-state index in [1.165, 1.54) is 24.3 Å². The Morgan fingerprint density at radius 3 is 2.75 bits per heavy atom. The summed E-state index contributed by atoms with van der Waals surface area (Å²) in [7, 11) is 0. The van der Waals surface area contributed by atoms with Crippen molar-refractivity contribution in [3.63, 3.8) is 0 Å². The van der Waals surface area contributed by atoms with E-state index in [0.717, 1.165) is 6.07 Å². The van der Waals surface area contributed by atoms with Gasteiger partial charge in [0, 0.05) is 18.2 Å². The fourth-order valence-corrected chi connectivity index (χ4v) is 1.45. The van der Waals surface area contributed by atoms with Gasteiger partial charge in [-0.25, -0.2) is 4.79 Å². The van der Waals surface area contributed by atoms with Gasteiger partial charge < -0.3 is 10.1 Å². The Morgan fingerprint density at radius 2 is 2.20 bits per heavy atom. The van der Waals surface area contributed by atoms with Crippen molar-refractivity contribution >= 4 is 34.9 Å². The van der Waals surface area contributed by atoms with Crippen molar-refractivity contribution in [2.24, 2.45) is 0 Å². The normalized spacial score (nSPS) is 10.3. The standard InChI is InChI=1S/C12H11ClN2O5/c1-2-3-12(17)20-7-11(16)14-10-5-4-8(15(18)19)6-9(10)13/h2-6H,7H2,1H3,(H,14,16)/b3-2+. The number of esters is 1. The summed E-state index contributed by atoms with van der Waals surface area (Å²) >= 11 is 5.79. The van der Waals surface area contributed by atoms with Gasteiger partial charge >= 0.3 is 5.97 Å². The average Bonchev–Trinajstić information content (AvgIpc) is 2.39. The van der Waals surface area contributed by atoms with E-state index in [2.05, 4.69) is 10.1 Å². The van der Waals surface area contributed by atoms with Gasteiger partial charge in [0.1, 0.15) is 0 Å². The van der Waals surface area contributed by atoms with Gasteiger partial charge in [-0.15, -0.1) is 0 Å². The van der Waals surface area contributed by atoms with Crippen LogP contribution in [0, 0.1) is 10.1 Å². The molecule has 0 spiro atoms. The first kappa shape index (κ1) is 15.6. The van der Waals surface area contributed by atoms with Gasteiger partial charge in [-0.3, -0.25) is 14.9 Å². The molecule has 0 bridgehead atoms. The Labute approximate surface area is 119 Å². The van der Waals surface area contributed by atoms with Crippen LogP contribution >= 0.6 is 11.6 Å². The van der Waals surface area contributed by atoms with Crippen LogP contribution in [0.25, 0.3) is 0 Å². The van der Waals surface area contributed by atoms with E-state index in [1.807, 2.05) is 0 Å². The van der Waals surface area contributed by atoms with Crippen molar-refractivity contribution in [2.45, 2.75) is 6.92 Å². The van der Waals surface area contributed by atoms with Crippen molar-refractivity contribution in [1.82, 2.24) is 0 Å². The summed E-state index contributed by atoms with van der Waals surface area (Å²) in [6.45, 7) is 1.16. The number of rotatable bonds is 5. The highest BCUT2D eigenvalue weighted by Crippen LogP contribution is 2.26. The molecule has 0 atom stereocenters. The number of hydrogen-bond donors (Lipinski definition) is 1. The summed E-state index contributed by atoms with van der Waals surface area (Å²) in [6.07, 6.45) is 2.65. The van der Waals surface area contributed by atoms with E-state index in [1.54, 1.807) is 6.92 Å². The molecular weight excluding hydrogens is 288 g/mol. The topological polar surface area (TPSA) is 98.5 Å². The third-order valence-electron chi connectivity index (χ3n) is 2.09. The zero-order chi connectivity index (χ0) is 15.1. The lowest BCUT2D eigenvalue weighted by atomic mass is 10.3. The molecule has 1 aromatic carbocycles. The Kier molecular flexibility index (Phi) is 5.67. The van der Waals surface area contributed by atoms with Crippen molar-refractivity contribution in [3.8, 4) is 0 Å². The zero-order valence-electron chi connectivity index (χ0n) is 10.5. The lowest BCUT2D eigenvalue weighted by Crippen LogP contribution is -2.20. The number of ether oxygens (including phenoxy) is 1. The van der Waals surface area contributed by atoms with Gasteiger partial charge in [-0.2, -0.15) is 0 Å². The summed E-state index contributed by atoms with van der Waals surface area (Å²) in [5.74, 6) is -1.24. The summed E-state index contributed by atoms with van der Waals surface area (Å²) in [6, 6.07) is 3.61. The van der Waals surface area contributed by atoms with Crippen molar-refractivity contribution in [1.29, 1.82) is 0 Å². The molecule has 0 aliphatic rings. The predicted octanol–water partition coefficient (Wildman–Crippen LogP) is 2.31. The first-order valence-corrected chi connectivity index (χ1v) is 5.85. The number of nitro benzene ring substituents is 1. The molecule has 106 valence electrons. The Balaban J connectivity index is 2.62. The molecule has 0 aliphatic carbocycles. The fourth-order valence-electron chi connectivity index (χ4n) is 1.23. The Bertz CT molecular complexity index is 571. The quantitative estimate of drug-likeness (QED) is 0.389. The molecule has 0 saturated heterocycles. The molecule has 0 aromatic heterocycles. The van der Waals surface area contributed by atoms with Crippen LogP contribution in [0.5, 0.6) is 0 Å². The van der Waals surface area contributed by atoms with Crippen LogP contribution in [-0.2, 0) is 14.3 Å². The maximum absolute atomic E-state index is 11.5. The number of benzene rings is 1. The highest BCUT2D eigenvalue weighted by atomic mass is 35.5. The number of amides is 1. The maximum atomic E-state index is 11.5. The van der Waals surface area contributed by atoms with Gasteiger partial charge in [0.15, 0.2) is 6.61 Å². The molecule has 0 heterocycles. The lowest BCUT2D eigenvalue weighted by Gasteiger charge is -2.07. The molecular formula is C12H11ClN2O5. The van der Waals surface area contributed by atoms with E-state index in [4.69, 9.17) is 11.6 Å². The van der Waals surface area contributed by atoms with E-state index in [0.29, 0.717) is 0 Å². The third kappa shape index (κ3) is 4.69. The molecule has 0 fully saturated rings. The number of hydrogen-bond acceptors (Lipinski definition) is 5. The molecule has 20 heavy (non-hydrogen) atoms. The largest absolute Gasteiger partial charge is 0.452 e. The van der Waals surface area contributed by atoms with Crippen LogP contribution in [0.1, 0.15) is 6.92 Å². The number of anilines is 1. The van der Waals surface area contributed by atoms with E-state index < -0.39 is 23.4 Å². The maximum Gasteiger partial charge on any atom is 0.330 e. The van der Waals surface area contributed by atoms with Crippen LogP contribution < -0.4 is 5.32 Å². The Hall–Kier alpha value is -2.41. The fraction of sp³-hybridized carbons (Fsp3) is 0.167. The van der Waals surface area contributed by atoms with Crippen LogP contribution in [0.15, 0.2) is 30.4 Å². The first-order valence-electron chi connectivity index (χ1n) is 5.47. The molecule has 0 saturated carbocycles. The van der Waals surface area contributed by atoms with Crippen LogP contribution in [0.4, 0.5) is 11.4 Å². The SMILES string of the molecule is C/C=C/C(=O)OCC(=O)Nc1ccc([N+](=O)[O-])cc1Cl. The molecule has 7 nitrogen and oxygen atoms in total. The van der Waals surface area contributed by atoms with Crippen molar-refractivity contribution in [2.75, 3.05) is 11.9 Å². The van der Waals surface area contributed by atoms with Crippen molar-refractivity contribution < 1.29 is 19.2 Å². The number of nitrogens with one attached hydrogen (secondary N) is 1. The smallest absolute Gasteiger partial charge is 0.330 e. The summed E-state index contributed by atoms with van der Waals surface area (Å²) in [5.41, 5.74) is 0.0110. The first-order chi connectivity index (χ1) is 9.43. The van der Waals surface area contributed by atoms with Gasteiger partial charge in [0.2, 0.25) is 0 Å². The highest BCUT2D eigenvalue weighted by Gasteiger charge is 2.12. The van der Waals surface area contributed by atoms with Crippen molar-refractivity contribution in [3.05, 3.63) is 45.5 Å². The van der Waals surface area contributed by atoms with Gasteiger partial charge in [-0.1, -0.05) is 17.7 Å². The molecule has 1 rings (SSSR count). The third-order valence-corrected chi connectivity index (χ3v) is 2.40. The lowest BCUT2D eigenvalue weighted by molar-refractivity contribution is -0.384. The number of nitrogens with zero attached hydrogens (tertiary/aromatic N) is 1. The minimum atomic E-state index is -0.641. The Morgan fingerprint density at radius 1 is 1.50 bits per heavy atom. The molecule has 1 aromatic rings. The summed E-state index contributed by atoms with van der Waals surface area (Å²) in [4.78, 5) is 32.4. The van der Waals surface area contributed by atoms with E-state index in [9.17, 15) is 19.7 Å². The summed E-state index contributed by atoms with van der Waals surface area (Å²) in [5, 5.41) is 12.9.